The number of hydrogen-bond donors (Lipinski definition) is 1. The highest BCUT2D eigenvalue weighted by atomic mass is 16.2. The lowest BCUT2D eigenvalue weighted by Crippen LogP contribution is -2.39. The summed E-state index contributed by atoms with van der Waals surface area (Å²) in [4.78, 5) is 48.8. The van der Waals surface area contributed by atoms with Crippen molar-refractivity contribution in [3.63, 3.8) is 0 Å². The van der Waals surface area contributed by atoms with Crippen LogP contribution in [0.3, 0.4) is 0 Å². The van der Waals surface area contributed by atoms with E-state index in [4.69, 9.17) is 0 Å². The molecule has 0 spiro atoms. The van der Waals surface area contributed by atoms with E-state index in [1.54, 1.807) is 23.8 Å². The SMILES string of the molecule is Cc1cc(C)n(C)c(=O)c1C(=O)N1CCc2nc(N(C)C)[nH]c(=O)c2CC1. The van der Waals surface area contributed by atoms with E-state index < -0.39 is 0 Å². The van der Waals surface area contributed by atoms with Crippen LogP contribution in [-0.4, -0.2) is 52.5 Å². The fraction of sp³-hybridized carbons (Fsp3) is 0.474. The minimum absolute atomic E-state index is 0.166. The van der Waals surface area contributed by atoms with Gasteiger partial charge in [0.15, 0.2) is 0 Å². The number of hydrogen-bond acceptors (Lipinski definition) is 5. The maximum absolute atomic E-state index is 13.1. The number of rotatable bonds is 2. The summed E-state index contributed by atoms with van der Waals surface area (Å²) in [5.74, 6) is 0.215. The molecule has 1 aliphatic rings. The molecule has 2 aromatic rings. The van der Waals surface area contributed by atoms with Gasteiger partial charge in [0.2, 0.25) is 5.95 Å². The Labute approximate surface area is 157 Å². The molecule has 144 valence electrons. The lowest BCUT2D eigenvalue weighted by atomic mass is 10.1. The van der Waals surface area contributed by atoms with Gasteiger partial charge in [0.05, 0.1) is 5.69 Å². The maximum atomic E-state index is 13.1. The van der Waals surface area contributed by atoms with Gasteiger partial charge < -0.3 is 14.4 Å². The van der Waals surface area contributed by atoms with Gasteiger partial charge in [-0.2, -0.15) is 0 Å². The smallest absolute Gasteiger partial charge is 0.263 e. The third-order valence-electron chi connectivity index (χ3n) is 5.13. The summed E-state index contributed by atoms with van der Waals surface area (Å²) in [7, 11) is 5.29. The fourth-order valence-corrected chi connectivity index (χ4v) is 3.41. The number of aromatic nitrogens is 3. The molecule has 2 aromatic heterocycles. The van der Waals surface area contributed by atoms with E-state index in [2.05, 4.69) is 9.97 Å². The Morgan fingerprint density at radius 2 is 1.85 bits per heavy atom. The van der Waals surface area contributed by atoms with Crippen LogP contribution in [0.4, 0.5) is 5.95 Å². The topological polar surface area (TPSA) is 91.3 Å². The third kappa shape index (κ3) is 3.39. The standard InChI is InChI=1S/C19H25N5O3/c1-11-10-12(2)23(5)17(26)15(11)18(27)24-8-6-13-14(7-9-24)20-19(22(3)4)21-16(13)25/h10H,6-9H2,1-5H3,(H,20,21,25). The van der Waals surface area contributed by atoms with Crippen LogP contribution < -0.4 is 16.0 Å². The Hall–Kier alpha value is -2.90. The molecule has 1 N–H and O–H groups in total. The number of nitrogens with one attached hydrogen (secondary N) is 1. The Balaban J connectivity index is 1.93. The predicted molar refractivity (Wildman–Crippen MR) is 104 cm³/mol. The van der Waals surface area contributed by atoms with E-state index in [0.717, 1.165) is 5.69 Å². The summed E-state index contributed by atoms with van der Waals surface area (Å²) in [6, 6.07) is 1.84. The van der Waals surface area contributed by atoms with Crippen molar-refractivity contribution in [2.45, 2.75) is 26.7 Å². The Morgan fingerprint density at radius 1 is 1.19 bits per heavy atom. The van der Waals surface area contributed by atoms with Crippen molar-refractivity contribution in [1.82, 2.24) is 19.4 Å². The molecule has 0 fully saturated rings. The molecule has 0 saturated heterocycles. The maximum Gasteiger partial charge on any atom is 0.263 e. The van der Waals surface area contributed by atoms with Gasteiger partial charge in [-0.05, 0) is 31.9 Å². The first kappa shape index (κ1) is 18.9. The van der Waals surface area contributed by atoms with Gasteiger partial charge >= 0.3 is 0 Å². The zero-order chi connectivity index (χ0) is 19.9. The van der Waals surface area contributed by atoms with Crippen molar-refractivity contribution >= 4 is 11.9 Å². The molecule has 0 bridgehead atoms. The number of nitrogens with zero attached hydrogens (tertiary/aromatic N) is 4. The Bertz CT molecular complexity index is 1020. The second-order valence-electron chi connectivity index (χ2n) is 7.21. The van der Waals surface area contributed by atoms with Crippen LogP contribution in [0.25, 0.3) is 0 Å². The summed E-state index contributed by atoms with van der Waals surface area (Å²) in [5.41, 5.74) is 2.56. The average Bonchev–Trinajstić information content (AvgIpc) is 2.82. The largest absolute Gasteiger partial charge is 0.348 e. The van der Waals surface area contributed by atoms with Gasteiger partial charge in [0.1, 0.15) is 5.56 Å². The van der Waals surface area contributed by atoms with Crippen LogP contribution in [0.15, 0.2) is 15.7 Å². The Morgan fingerprint density at radius 3 is 2.52 bits per heavy atom. The number of carbonyl (C=O) groups is 1. The van der Waals surface area contributed by atoms with Crippen molar-refractivity contribution in [3.8, 4) is 0 Å². The minimum Gasteiger partial charge on any atom is -0.348 e. The molecule has 3 heterocycles. The molecule has 1 amide bonds. The van der Waals surface area contributed by atoms with Gasteiger partial charge in [-0.3, -0.25) is 19.4 Å². The molecule has 8 heteroatoms. The van der Waals surface area contributed by atoms with E-state index in [9.17, 15) is 14.4 Å². The molecule has 0 atom stereocenters. The van der Waals surface area contributed by atoms with Crippen LogP contribution in [0.2, 0.25) is 0 Å². The van der Waals surface area contributed by atoms with Crippen LogP contribution in [0.1, 0.15) is 32.9 Å². The van der Waals surface area contributed by atoms with Crippen molar-refractivity contribution in [2.75, 3.05) is 32.1 Å². The quantitative estimate of drug-likeness (QED) is 0.825. The van der Waals surface area contributed by atoms with Crippen LogP contribution >= 0.6 is 0 Å². The highest BCUT2D eigenvalue weighted by Gasteiger charge is 2.26. The van der Waals surface area contributed by atoms with Gasteiger partial charge in [-0.1, -0.05) is 0 Å². The number of fused-ring (bicyclic) bond motifs is 1. The minimum atomic E-state index is -0.287. The number of aromatic amines is 1. The molecule has 0 radical (unpaired) electrons. The second kappa shape index (κ2) is 7.02. The molecular weight excluding hydrogens is 346 g/mol. The molecule has 0 unspecified atom stereocenters. The van der Waals surface area contributed by atoms with Gasteiger partial charge in [-0.15, -0.1) is 0 Å². The summed E-state index contributed by atoms with van der Waals surface area (Å²) in [5, 5.41) is 0. The third-order valence-corrected chi connectivity index (χ3v) is 5.13. The number of amides is 1. The molecule has 3 rings (SSSR count). The predicted octanol–water partition coefficient (Wildman–Crippen LogP) is 0.392. The van der Waals surface area contributed by atoms with Crippen LogP contribution in [-0.2, 0) is 19.9 Å². The lowest BCUT2D eigenvalue weighted by Gasteiger charge is -2.21. The molecule has 27 heavy (non-hydrogen) atoms. The Kier molecular flexibility index (Phi) is 4.91. The van der Waals surface area contributed by atoms with E-state index in [1.165, 1.54) is 4.57 Å². The fourth-order valence-electron chi connectivity index (χ4n) is 3.41. The van der Waals surface area contributed by atoms with Gasteiger partial charge in [0.25, 0.3) is 17.0 Å². The zero-order valence-corrected chi connectivity index (χ0v) is 16.4. The van der Waals surface area contributed by atoms with Gasteiger partial charge in [0, 0.05) is 51.9 Å². The summed E-state index contributed by atoms with van der Waals surface area (Å²) >= 11 is 0. The number of pyridine rings is 1. The first-order chi connectivity index (χ1) is 12.7. The van der Waals surface area contributed by atoms with Crippen LogP contribution in [0, 0.1) is 13.8 Å². The van der Waals surface area contributed by atoms with Crippen molar-refractivity contribution in [2.24, 2.45) is 7.05 Å². The number of H-pyrrole nitrogens is 1. The second-order valence-corrected chi connectivity index (χ2v) is 7.21. The molecule has 0 saturated carbocycles. The number of aryl methyl sites for hydroxylation is 2. The zero-order valence-electron chi connectivity index (χ0n) is 16.4. The summed E-state index contributed by atoms with van der Waals surface area (Å²) in [6.07, 6.45) is 0.902. The first-order valence-electron chi connectivity index (χ1n) is 8.96. The van der Waals surface area contributed by atoms with E-state index in [1.807, 2.05) is 27.1 Å². The van der Waals surface area contributed by atoms with Crippen molar-refractivity contribution in [1.29, 1.82) is 0 Å². The highest BCUT2D eigenvalue weighted by molar-refractivity contribution is 5.95. The van der Waals surface area contributed by atoms with Crippen molar-refractivity contribution < 1.29 is 4.79 Å². The molecule has 0 aromatic carbocycles. The van der Waals surface area contributed by atoms with Gasteiger partial charge in [-0.25, -0.2) is 4.98 Å². The lowest BCUT2D eigenvalue weighted by molar-refractivity contribution is 0.0759. The molecular formula is C19H25N5O3. The average molecular weight is 371 g/mol. The first-order valence-corrected chi connectivity index (χ1v) is 8.96. The van der Waals surface area contributed by atoms with E-state index >= 15 is 0 Å². The monoisotopic (exact) mass is 371 g/mol. The summed E-state index contributed by atoms with van der Waals surface area (Å²) in [6.45, 7) is 4.43. The number of anilines is 1. The highest BCUT2D eigenvalue weighted by Crippen LogP contribution is 2.16. The van der Waals surface area contributed by atoms with E-state index in [0.29, 0.717) is 48.7 Å². The van der Waals surface area contributed by atoms with Crippen molar-refractivity contribution in [3.05, 3.63) is 54.9 Å². The molecule has 8 nitrogen and oxygen atoms in total. The molecule has 1 aliphatic heterocycles. The van der Waals surface area contributed by atoms with E-state index in [-0.39, 0.29) is 22.6 Å². The molecule has 0 aliphatic carbocycles. The number of carbonyl (C=O) groups excluding carboxylic acids is 1. The summed E-state index contributed by atoms with van der Waals surface area (Å²) < 4.78 is 1.49. The van der Waals surface area contributed by atoms with Crippen LogP contribution in [0.5, 0.6) is 0 Å². The normalized spacial score (nSPS) is 13.9.